The van der Waals surface area contributed by atoms with Gasteiger partial charge in [-0.3, -0.25) is 0 Å². The molecule has 0 N–H and O–H groups in total. The van der Waals surface area contributed by atoms with Crippen LogP contribution in [0.15, 0.2) is 60.7 Å². The minimum Gasteiger partial charge on any atom is -0.497 e. The van der Waals surface area contributed by atoms with E-state index >= 15 is 0 Å². The summed E-state index contributed by atoms with van der Waals surface area (Å²) in [5.41, 5.74) is 5.77. The first-order chi connectivity index (χ1) is 18.7. The van der Waals surface area contributed by atoms with E-state index in [4.69, 9.17) is 18.9 Å². The van der Waals surface area contributed by atoms with Crippen LogP contribution in [0.25, 0.3) is 22.1 Å². The van der Waals surface area contributed by atoms with Gasteiger partial charge in [0.1, 0.15) is 23.0 Å². The average molecular weight is 505 g/mol. The van der Waals surface area contributed by atoms with Crippen LogP contribution < -0.4 is 19.9 Å². The Balaban J connectivity index is 1.68. The fourth-order valence-corrected chi connectivity index (χ4v) is 6.33. The van der Waals surface area contributed by atoms with Crippen LogP contribution in [0.5, 0.6) is 17.2 Å². The number of hydrogen-bond donors (Lipinski definition) is 0. The first-order valence-electron chi connectivity index (χ1n) is 13.2. The molecule has 0 radical (unpaired) electrons. The van der Waals surface area contributed by atoms with Crippen molar-refractivity contribution >= 4 is 28.1 Å². The molecule has 1 aliphatic carbocycles. The molecule has 2 heterocycles. The molecule has 38 heavy (non-hydrogen) atoms. The summed E-state index contributed by atoms with van der Waals surface area (Å²) in [6, 6.07) is 20.2. The summed E-state index contributed by atoms with van der Waals surface area (Å²) in [6.45, 7) is 0.735. The number of rotatable bonds is 3. The lowest BCUT2D eigenvalue weighted by Gasteiger charge is -2.28. The van der Waals surface area contributed by atoms with Gasteiger partial charge in [0.05, 0.1) is 31.8 Å². The maximum absolute atomic E-state index is 13.0. The van der Waals surface area contributed by atoms with E-state index in [2.05, 4.69) is 24.3 Å². The standard InChI is InChI=1S/C33H28O5/c1-35-26-13-5-8-19-15-16-24-30(21-10-3-4-11-22(21)33(34)36-2)25-18-20-9-7-17-37-27-14-6-12-23(28(20)27)31(25)38-32(24)29(19)26/h3-5,8,10-11,13,15-16,18H,6-7,9,12,14,17H2,1-2H3. The van der Waals surface area contributed by atoms with Gasteiger partial charge in [0.2, 0.25) is 0 Å². The Morgan fingerprint density at radius 1 is 0.868 bits per heavy atom. The van der Waals surface area contributed by atoms with Crippen molar-refractivity contribution in [2.24, 2.45) is 0 Å². The molecule has 0 atom stereocenters. The molecular formula is C33H28O5. The molecule has 0 bridgehead atoms. The predicted octanol–water partition coefficient (Wildman–Crippen LogP) is 5.40. The van der Waals surface area contributed by atoms with Crippen molar-refractivity contribution in [3.05, 3.63) is 98.9 Å². The summed E-state index contributed by atoms with van der Waals surface area (Å²) in [4.78, 5) is 13.0. The number of carbonyl (C=O) groups is 1. The highest BCUT2D eigenvalue weighted by Crippen LogP contribution is 2.46. The zero-order valence-electron chi connectivity index (χ0n) is 21.6. The van der Waals surface area contributed by atoms with Crippen LogP contribution in [0, 0.1) is 0 Å². The quantitative estimate of drug-likeness (QED) is 0.308. The fraction of sp³-hybridized carbons (Fsp3) is 0.242. The second kappa shape index (κ2) is 8.95. The van der Waals surface area contributed by atoms with Gasteiger partial charge in [0.15, 0.2) is 0 Å². The number of hydrogen-bond acceptors (Lipinski definition) is 5. The Bertz CT molecular complexity index is 1760. The Morgan fingerprint density at radius 2 is 1.76 bits per heavy atom. The van der Waals surface area contributed by atoms with Gasteiger partial charge < -0.3 is 18.9 Å². The molecule has 7 rings (SSSR count). The second-order valence-corrected chi connectivity index (χ2v) is 10.0. The van der Waals surface area contributed by atoms with Gasteiger partial charge in [-0.25, -0.2) is 4.79 Å². The Labute approximate surface area is 220 Å². The Kier molecular flexibility index (Phi) is 5.39. The third-order valence-corrected chi connectivity index (χ3v) is 7.96. The zero-order valence-corrected chi connectivity index (χ0v) is 21.6. The highest BCUT2D eigenvalue weighted by atomic mass is 16.5. The maximum atomic E-state index is 13.0. The molecule has 0 amide bonds. The van der Waals surface area contributed by atoms with Crippen LogP contribution >= 0.6 is 0 Å². The highest BCUT2D eigenvalue weighted by Gasteiger charge is 2.30. The van der Waals surface area contributed by atoms with E-state index in [9.17, 15) is 4.79 Å². The number of ether oxygens (including phenoxy) is 4. The van der Waals surface area contributed by atoms with Crippen molar-refractivity contribution in [1.82, 2.24) is 0 Å². The van der Waals surface area contributed by atoms with Crippen LogP contribution in [0.2, 0.25) is 0 Å². The van der Waals surface area contributed by atoms with Gasteiger partial charge in [0.25, 0.3) is 0 Å². The first kappa shape index (κ1) is 22.9. The summed E-state index contributed by atoms with van der Waals surface area (Å²) < 4.78 is 24.2. The summed E-state index contributed by atoms with van der Waals surface area (Å²) in [6.07, 6.45) is 4.81. The summed E-state index contributed by atoms with van der Waals surface area (Å²) in [5.74, 6) is 3.08. The number of methoxy groups -OCH3 is 2. The second-order valence-electron chi connectivity index (χ2n) is 10.0. The van der Waals surface area contributed by atoms with Crippen LogP contribution in [-0.2, 0) is 22.3 Å². The van der Waals surface area contributed by atoms with Crippen LogP contribution in [0.4, 0.5) is 0 Å². The molecule has 4 aromatic carbocycles. The van der Waals surface area contributed by atoms with Crippen LogP contribution in [-0.4, -0.2) is 26.8 Å². The van der Waals surface area contributed by atoms with Crippen LogP contribution in [0.1, 0.15) is 51.9 Å². The van der Waals surface area contributed by atoms with E-state index in [1.807, 2.05) is 36.4 Å². The Morgan fingerprint density at radius 3 is 2.63 bits per heavy atom. The van der Waals surface area contributed by atoms with Gasteiger partial charge in [-0.2, -0.15) is 0 Å². The summed E-state index contributed by atoms with van der Waals surface area (Å²) in [7, 11) is 3.11. The van der Waals surface area contributed by atoms with Crippen molar-refractivity contribution in [2.75, 3.05) is 20.8 Å². The van der Waals surface area contributed by atoms with Crippen molar-refractivity contribution < 1.29 is 23.7 Å². The molecule has 0 fully saturated rings. The topological polar surface area (TPSA) is 54.0 Å². The lowest BCUT2D eigenvalue weighted by atomic mass is 9.84. The molecule has 190 valence electrons. The summed E-state index contributed by atoms with van der Waals surface area (Å²) in [5, 5.41) is 4.19. The average Bonchev–Trinajstić information content (AvgIpc) is 3.18. The summed E-state index contributed by atoms with van der Waals surface area (Å²) >= 11 is 0. The van der Waals surface area contributed by atoms with E-state index in [1.54, 1.807) is 7.11 Å². The van der Waals surface area contributed by atoms with E-state index in [-0.39, 0.29) is 5.97 Å². The van der Waals surface area contributed by atoms with Crippen molar-refractivity contribution in [1.29, 1.82) is 0 Å². The molecule has 2 aliphatic heterocycles. The SMILES string of the molecule is COC(=O)c1ccccc1C1=c2cc3c4c(c2Oc2c1ccc1cccc(OC)c21)CCCC=4OCCC3. The van der Waals surface area contributed by atoms with E-state index in [1.165, 1.54) is 23.5 Å². The van der Waals surface area contributed by atoms with Gasteiger partial charge in [-0.15, -0.1) is 0 Å². The van der Waals surface area contributed by atoms with Gasteiger partial charge >= 0.3 is 5.97 Å². The number of fused-ring (bicyclic) bond motifs is 5. The van der Waals surface area contributed by atoms with Gasteiger partial charge in [-0.05, 0) is 66.5 Å². The lowest BCUT2D eigenvalue weighted by molar-refractivity contribution is 0.0600. The lowest BCUT2D eigenvalue weighted by Crippen LogP contribution is -2.30. The molecule has 0 saturated carbocycles. The molecule has 0 saturated heterocycles. The molecule has 0 unspecified atom stereocenters. The van der Waals surface area contributed by atoms with Crippen LogP contribution in [0.3, 0.4) is 0 Å². The van der Waals surface area contributed by atoms with Gasteiger partial charge in [-0.1, -0.05) is 36.4 Å². The third kappa shape index (κ3) is 3.34. The monoisotopic (exact) mass is 504 g/mol. The molecule has 0 aromatic heterocycles. The predicted molar refractivity (Wildman–Crippen MR) is 146 cm³/mol. The van der Waals surface area contributed by atoms with E-state index in [0.29, 0.717) is 5.56 Å². The largest absolute Gasteiger partial charge is 0.497 e. The normalized spacial score (nSPS) is 15.4. The first-order valence-corrected chi connectivity index (χ1v) is 13.2. The van der Waals surface area contributed by atoms with Crippen molar-refractivity contribution in [2.45, 2.75) is 32.1 Å². The maximum Gasteiger partial charge on any atom is 0.338 e. The third-order valence-electron chi connectivity index (χ3n) is 7.96. The Hall–Kier alpha value is -4.25. The van der Waals surface area contributed by atoms with E-state index in [0.717, 1.165) is 94.4 Å². The molecule has 0 spiro atoms. The number of benzene rings is 4. The number of esters is 1. The van der Waals surface area contributed by atoms with Crippen molar-refractivity contribution in [3.63, 3.8) is 0 Å². The molecule has 5 nitrogen and oxygen atoms in total. The highest BCUT2D eigenvalue weighted by molar-refractivity contribution is 6.04. The molecular weight excluding hydrogens is 476 g/mol. The zero-order chi connectivity index (χ0) is 25.8. The smallest absolute Gasteiger partial charge is 0.338 e. The molecule has 3 aliphatic rings. The van der Waals surface area contributed by atoms with Crippen molar-refractivity contribution in [3.8, 4) is 17.2 Å². The minimum absolute atomic E-state index is 0.360. The number of carbonyl (C=O) groups excluding carboxylic acids is 1. The molecule has 5 heteroatoms. The fourth-order valence-electron chi connectivity index (χ4n) is 6.33. The van der Waals surface area contributed by atoms with Gasteiger partial charge in [0, 0.05) is 33.6 Å². The molecule has 4 aromatic rings. The van der Waals surface area contributed by atoms with E-state index < -0.39 is 0 Å². The minimum atomic E-state index is -0.360. The number of aryl methyl sites for hydroxylation is 1.